The topological polar surface area (TPSA) is 108 Å². The molecule has 0 unspecified atom stereocenters. The Morgan fingerprint density at radius 3 is 2.85 bits per heavy atom. The average Bonchev–Trinajstić information content (AvgIpc) is 2.91. The number of aromatic nitrogens is 6. The lowest BCUT2D eigenvalue weighted by Crippen LogP contribution is -2.05. The van der Waals surface area contributed by atoms with Crippen LogP contribution in [0, 0.1) is 13.8 Å². The predicted molar refractivity (Wildman–Crippen MR) is 73.4 cm³/mol. The van der Waals surface area contributed by atoms with Gasteiger partial charge in [0.1, 0.15) is 17.3 Å². The Bertz CT molecular complexity index is 753. The molecule has 3 aromatic heterocycles. The zero-order chi connectivity index (χ0) is 14.3. The molecule has 0 aliphatic rings. The minimum absolute atomic E-state index is 0.357. The molecule has 0 aliphatic heterocycles. The van der Waals surface area contributed by atoms with Crippen molar-refractivity contribution in [3.63, 3.8) is 0 Å². The van der Waals surface area contributed by atoms with Crippen LogP contribution in [-0.4, -0.2) is 37.1 Å². The summed E-state index contributed by atoms with van der Waals surface area (Å²) in [5, 5.41) is 12.2. The first-order valence-electron chi connectivity index (χ1n) is 6.13. The molecule has 0 saturated heterocycles. The summed E-state index contributed by atoms with van der Waals surface area (Å²) in [5.41, 5.74) is 8.12. The molecule has 3 heterocycles. The summed E-state index contributed by atoms with van der Waals surface area (Å²) >= 11 is 0. The number of aryl methyl sites for hydroxylation is 2. The molecule has 0 atom stereocenters. The summed E-state index contributed by atoms with van der Waals surface area (Å²) in [5.74, 6) is 1.81. The second-order valence-corrected chi connectivity index (χ2v) is 4.54. The van der Waals surface area contributed by atoms with Gasteiger partial charge in [-0.1, -0.05) is 0 Å². The van der Waals surface area contributed by atoms with E-state index in [1.165, 1.54) is 0 Å². The number of methoxy groups -OCH3 is 1. The summed E-state index contributed by atoms with van der Waals surface area (Å²) in [7, 11) is 1.61. The van der Waals surface area contributed by atoms with Crippen LogP contribution in [0.1, 0.15) is 17.2 Å². The van der Waals surface area contributed by atoms with Crippen molar-refractivity contribution in [3.05, 3.63) is 23.3 Å². The number of hydrogen-bond acceptors (Lipinski definition) is 6. The van der Waals surface area contributed by atoms with Gasteiger partial charge in [-0.05, 0) is 13.8 Å². The molecule has 0 saturated carbocycles. The summed E-state index contributed by atoms with van der Waals surface area (Å²) in [6.45, 7) is 4.11. The van der Waals surface area contributed by atoms with E-state index in [1.54, 1.807) is 11.8 Å². The number of rotatable bonds is 3. The summed E-state index contributed by atoms with van der Waals surface area (Å²) in [4.78, 5) is 8.65. The Labute approximate surface area is 115 Å². The minimum Gasteiger partial charge on any atom is -0.383 e. The van der Waals surface area contributed by atoms with Crippen LogP contribution in [0.5, 0.6) is 0 Å². The Morgan fingerprint density at radius 2 is 2.15 bits per heavy atom. The number of fused-ring (bicyclic) bond motifs is 1. The van der Waals surface area contributed by atoms with Gasteiger partial charge in [-0.3, -0.25) is 5.10 Å². The summed E-state index contributed by atoms with van der Waals surface area (Å²) in [6.07, 6.45) is 0. The highest BCUT2D eigenvalue weighted by molar-refractivity contribution is 5.89. The molecular weight excluding hydrogens is 258 g/mol. The van der Waals surface area contributed by atoms with Crippen molar-refractivity contribution in [2.75, 3.05) is 12.8 Å². The van der Waals surface area contributed by atoms with Crippen molar-refractivity contribution in [1.82, 2.24) is 29.9 Å². The molecule has 0 radical (unpaired) electrons. The number of H-pyrrole nitrogens is 1. The SMILES string of the molecule is COCc1nn(-c2cc(C)nc(C)n2)c2n[nH]c(N)c12. The number of nitrogen functional groups attached to an aromatic ring is 1. The molecule has 0 amide bonds. The third kappa shape index (κ3) is 1.90. The number of nitrogens with two attached hydrogens (primary N) is 1. The maximum atomic E-state index is 5.90. The van der Waals surface area contributed by atoms with Crippen molar-refractivity contribution < 1.29 is 4.74 Å². The maximum absolute atomic E-state index is 5.90. The summed E-state index contributed by atoms with van der Waals surface area (Å²) in [6, 6.07) is 1.85. The Kier molecular flexibility index (Phi) is 2.87. The fourth-order valence-corrected chi connectivity index (χ4v) is 2.20. The van der Waals surface area contributed by atoms with Crippen molar-refractivity contribution in [2.24, 2.45) is 0 Å². The third-order valence-electron chi connectivity index (χ3n) is 2.94. The van der Waals surface area contributed by atoms with Gasteiger partial charge in [-0.2, -0.15) is 14.9 Å². The van der Waals surface area contributed by atoms with Crippen molar-refractivity contribution >= 4 is 16.9 Å². The van der Waals surface area contributed by atoms with Crippen LogP contribution in [0.3, 0.4) is 0 Å². The van der Waals surface area contributed by atoms with E-state index >= 15 is 0 Å². The fraction of sp³-hybridized carbons (Fsp3) is 0.333. The van der Waals surface area contributed by atoms with E-state index in [4.69, 9.17) is 10.5 Å². The number of aromatic amines is 1. The molecule has 0 aliphatic carbocycles. The van der Waals surface area contributed by atoms with Crippen LogP contribution in [0.15, 0.2) is 6.07 Å². The molecule has 0 bridgehead atoms. The highest BCUT2D eigenvalue weighted by Crippen LogP contribution is 2.24. The van der Waals surface area contributed by atoms with E-state index in [-0.39, 0.29) is 0 Å². The zero-order valence-electron chi connectivity index (χ0n) is 11.5. The van der Waals surface area contributed by atoms with Crippen LogP contribution in [0.2, 0.25) is 0 Å². The Morgan fingerprint density at radius 1 is 1.35 bits per heavy atom. The Balaban J connectivity index is 2.25. The standard InChI is InChI=1S/C12H15N7O/c1-6-4-9(15-7(2)14-6)19-12-10(11(13)16-17-12)8(18-19)5-20-3/h4H,5H2,1-3H3,(H3,13,16,17). The minimum atomic E-state index is 0.357. The quantitative estimate of drug-likeness (QED) is 0.733. The van der Waals surface area contributed by atoms with Crippen LogP contribution in [-0.2, 0) is 11.3 Å². The number of hydrogen-bond donors (Lipinski definition) is 2. The van der Waals surface area contributed by atoms with Crippen LogP contribution in [0.4, 0.5) is 5.82 Å². The van der Waals surface area contributed by atoms with Crippen molar-refractivity contribution in [2.45, 2.75) is 20.5 Å². The molecule has 3 rings (SSSR count). The van der Waals surface area contributed by atoms with Crippen molar-refractivity contribution in [1.29, 1.82) is 0 Å². The van der Waals surface area contributed by atoms with Gasteiger partial charge in [0.2, 0.25) is 0 Å². The van der Waals surface area contributed by atoms with E-state index in [1.807, 2.05) is 19.9 Å². The largest absolute Gasteiger partial charge is 0.383 e. The molecule has 0 fully saturated rings. The highest BCUT2D eigenvalue weighted by Gasteiger charge is 2.18. The summed E-state index contributed by atoms with van der Waals surface area (Å²) < 4.78 is 6.80. The van der Waals surface area contributed by atoms with Gasteiger partial charge >= 0.3 is 0 Å². The van der Waals surface area contributed by atoms with Gasteiger partial charge in [0.15, 0.2) is 11.5 Å². The first-order valence-corrected chi connectivity index (χ1v) is 6.13. The monoisotopic (exact) mass is 273 g/mol. The van der Waals surface area contributed by atoms with E-state index in [2.05, 4.69) is 25.3 Å². The fourth-order valence-electron chi connectivity index (χ4n) is 2.20. The molecule has 8 heteroatoms. The van der Waals surface area contributed by atoms with Gasteiger partial charge in [-0.15, -0.1) is 0 Å². The zero-order valence-corrected chi connectivity index (χ0v) is 11.5. The molecule has 0 spiro atoms. The molecule has 8 nitrogen and oxygen atoms in total. The van der Waals surface area contributed by atoms with E-state index in [0.717, 1.165) is 16.8 Å². The predicted octanol–water partition coefficient (Wildman–Crippen LogP) is 0.884. The number of nitrogens with one attached hydrogen (secondary N) is 1. The number of nitrogens with zero attached hydrogens (tertiary/aromatic N) is 5. The normalized spacial score (nSPS) is 11.3. The smallest absolute Gasteiger partial charge is 0.188 e. The second-order valence-electron chi connectivity index (χ2n) is 4.54. The molecule has 3 N–H and O–H groups in total. The van der Waals surface area contributed by atoms with E-state index < -0.39 is 0 Å². The lowest BCUT2D eigenvalue weighted by Gasteiger charge is -2.03. The van der Waals surface area contributed by atoms with Gasteiger partial charge in [-0.25, -0.2) is 9.97 Å². The van der Waals surface area contributed by atoms with Crippen LogP contribution < -0.4 is 5.73 Å². The van der Waals surface area contributed by atoms with E-state index in [0.29, 0.717) is 29.7 Å². The maximum Gasteiger partial charge on any atom is 0.188 e. The molecular formula is C12H15N7O. The van der Waals surface area contributed by atoms with Crippen molar-refractivity contribution in [3.8, 4) is 5.82 Å². The lowest BCUT2D eigenvalue weighted by molar-refractivity contribution is 0.182. The van der Waals surface area contributed by atoms with Gasteiger partial charge in [0.25, 0.3) is 0 Å². The third-order valence-corrected chi connectivity index (χ3v) is 2.94. The molecule has 104 valence electrons. The van der Waals surface area contributed by atoms with Crippen LogP contribution >= 0.6 is 0 Å². The number of ether oxygens (including phenoxy) is 1. The molecule has 20 heavy (non-hydrogen) atoms. The average molecular weight is 273 g/mol. The second kappa shape index (κ2) is 4.57. The number of anilines is 1. The first-order chi connectivity index (χ1) is 9.60. The van der Waals surface area contributed by atoms with Crippen LogP contribution in [0.25, 0.3) is 16.9 Å². The van der Waals surface area contributed by atoms with Gasteiger partial charge in [0.05, 0.1) is 12.0 Å². The lowest BCUT2D eigenvalue weighted by atomic mass is 10.3. The Hall–Kier alpha value is -2.48. The molecule has 0 aromatic carbocycles. The highest BCUT2D eigenvalue weighted by atomic mass is 16.5. The molecule has 3 aromatic rings. The van der Waals surface area contributed by atoms with Gasteiger partial charge in [0, 0.05) is 18.9 Å². The first kappa shape index (κ1) is 12.5. The van der Waals surface area contributed by atoms with Gasteiger partial charge < -0.3 is 10.5 Å². The van der Waals surface area contributed by atoms with E-state index in [9.17, 15) is 0 Å².